The molecule has 2 rings (SSSR count). The van der Waals surface area contributed by atoms with Crippen molar-refractivity contribution in [3.8, 4) is 0 Å². The predicted molar refractivity (Wildman–Crippen MR) is 105 cm³/mol. The molecule has 0 bridgehead atoms. The van der Waals surface area contributed by atoms with E-state index in [2.05, 4.69) is 26.1 Å². The van der Waals surface area contributed by atoms with Crippen molar-refractivity contribution >= 4 is 0 Å². The Kier molecular flexibility index (Phi) is 8.33. The molecule has 0 amide bonds. The molecule has 0 aliphatic carbocycles. The molecule has 0 unspecified atom stereocenters. The second-order valence-electron chi connectivity index (χ2n) is 8.23. The quantitative estimate of drug-likeness (QED) is 0.594. The van der Waals surface area contributed by atoms with Gasteiger partial charge in [0.1, 0.15) is 11.6 Å². The van der Waals surface area contributed by atoms with Gasteiger partial charge in [-0.3, -0.25) is 0 Å². The maximum absolute atomic E-state index is 13.3. The van der Waals surface area contributed by atoms with Crippen LogP contribution in [-0.4, -0.2) is 48.8 Å². The molecule has 7 heteroatoms. The first-order chi connectivity index (χ1) is 13.2. The lowest BCUT2D eigenvalue weighted by molar-refractivity contribution is -0.203. The van der Waals surface area contributed by atoms with Crippen molar-refractivity contribution in [2.45, 2.75) is 77.5 Å². The van der Waals surface area contributed by atoms with Crippen molar-refractivity contribution in [1.82, 2.24) is 5.32 Å². The second-order valence-corrected chi connectivity index (χ2v) is 8.23. The smallest absolute Gasteiger partial charge is 0.172 e. The number of rotatable bonds is 9. The maximum atomic E-state index is 13.3. The third kappa shape index (κ3) is 6.19. The molecule has 1 aliphatic rings. The standard InChI is InChI=1S/C21H34F2N2O3/c1-5-21(4,6-2)12-28-20-13(3)25-18(11-27-20)19(26)17(24)9-14-7-15(22)10-16(23)8-14/h7-8,10,13,17-20,25-26H,5-6,9,11-12,24H2,1-4H3/t13-,17-,18+,19-,20-/m0/s1. The van der Waals surface area contributed by atoms with Crippen molar-refractivity contribution < 1.29 is 23.4 Å². The lowest BCUT2D eigenvalue weighted by Crippen LogP contribution is -2.61. The molecule has 1 saturated heterocycles. The van der Waals surface area contributed by atoms with Crippen LogP contribution in [0.4, 0.5) is 8.78 Å². The van der Waals surface area contributed by atoms with Crippen LogP contribution in [0.5, 0.6) is 0 Å². The molecule has 1 heterocycles. The first kappa shape index (κ1) is 23.2. The fourth-order valence-corrected chi connectivity index (χ4v) is 3.35. The Morgan fingerprint density at radius 1 is 1.29 bits per heavy atom. The van der Waals surface area contributed by atoms with E-state index >= 15 is 0 Å². The lowest BCUT2D eigenvalue weighted by atomic mass is 9.86. The van der Waals surface area contributed by atoms with Gasteiger partial charge in [0.2, 0.25) is 0 Å². The molecule has 1 aromatic rings. The number of aliphatic hydroxyl groups is 1. The largest absolute Gasteiger partial charge is 0.390 e. The van der Waals surface area contributed by atoms with E-state index < -0.39 is 30.1 Å². The molecule has 0 saturated carbocycles. The number of nitrogens with one attached hydrogen (secondary N) is 1. The monoisotopic (exact) mass is 400 g/mol. The number of morpholine rings is 1. The molecule has 5 nitrogen and oxygen atoms in total. The van der Waals surface area contributed by atoms with E-state index in [1.165, 1.54) is 12.1 Å². The van der Waals surface area contributed by atoms with Gasteiger partial charge in [-0.05, 0) is 49.3 Å². The van der Waals surface area contributed by atoms with Crippen molar-refractivity contribution in [2.24, 2.45) is 11.1 Å². The number of ether oxygens (including phenoxy) is 2. The summed E-state index contributed by atoms with van der Waals surface area (Å²) in [7, 11) is 0. The summed E-state index contributed by atoms with van der Waals surface area (Å²) < 4.78 is 38.5. The van der Waals surface area contributed by atoms with Crippen molar-refractivity contribution in [3.63, 3.8) is 0 Å². The molecule has 4 N–H and O–H groups in total. The summed E-state index contributed by atoms with van der Waals surface area (Å²) in [5.41, 5.74) is 6.61. The number of benzene rings is 1. The Balaban J connectivity index is 1.88. The van der Waals surface area contributed by atoms with Gasteiger partial charge < -0.3 is 25.6 Å². The van der Waals surface area contributed by atoms with Gasteiger partial charge in [0.25, 0.3) is 0 Å². The van der Waals surface area contributed by atoms with Gasteiger partial charge in [-0.15, -0.1) is 0 Å². The van der Waals surface area contributed by atoms with Gasteiger partial charge in [0.15, 0.2) is 6.29 Å². The highest BCUT2D eigenvalue weighted by atomic mass is 19.1. The first-order valence-corrected chi connectivity index (χ1v) is 10.0. The van der Waals surface area contributed by atoms with Crippen LogP contribution in [0.2, 0.25) is 0 Å². The Morgan fingerprint density at radius 3 is 2.43 bits per heavy atom. The summed E-state index contributed by atoms with van der Waals surface area (Å²) in [6.07, 6.45) is 0.887. The fourth-order valence-electron chi connectivity index (χ4n) is 3.35. The molecule has 1 fully saturated rings. The summed E-state index contributed by atoms with van der Waals surface area (Å²) >= 11 is 0. The van der Waals surface area contributed by atoms with Gasteiger partial charge in [-0.1, -0.05) is 20.8 Å². The van der Waals surface area contributed by atoms with Gasteiger partial charge >= 0.3 is 0 Å². The van der Waals surface area contributed by atoms with Crippen molar-refractivity contribution in [3.05, 3.63) is 35.4 Å². The molecule has 5 atom stereocenters. The number of aliphatic hydroxyl groups excluding tert-OH is 1. The van der Waals surface area contributed by atoms with Gasteiger partial charge in [0, 0.05) is 12.1 Å². The third-order valence-corrected chi connectivity index (χ3v) is 5.87. The SMILES string of the molecule is CCC(C)(CC)CO[C@@H]1OC[C@H]([C@@H](O)[C@@H](N)Cc2cc(F)cc(F)c2)N[C@H]1C. The van der Waals surface area contributed by atoms with E-state index in [9.17, 15) is 13.9 Å². The van der Waals surface area contributed by atoms with Gasteiger partial charge in [0.05, 0.1) is 31.4 Å². The van der Waals surface area contributed by atoms with Crippen molar-refractivity contribution in [2.75, 3.05) is 13.2 Å². The normalized spacial score (nSPS) is 25.5. The third-order valence-electron chi connectivity index (χ3n) is 5.87. The zero-order valence-corrected chi connectivity index (χ0v) is 17.3. The highest BCUT2D eigenvalue weighted by Gasteiger charge is 2.35. The predicted octanol–water partition coefficient (Wildman–Crippen LogP) is 2.74. The second kappa shape index (κ2) is 10.1. The summed E-state index contributed by atoms with van der Waals surface area (Å²) in [6.45, 7) is 9.27. The Hall–Kier alpha value is -1.12. The van der Waals surface area contributed by atoms with Crippen LogP contribution in [0, 0.1) is 17.0 Å². The average molecular weight is 401 g/mol. The number of hydrogen-bond acceptors (Lipinski definition) is 5. The minimum atomic E-state index is -0.925. The van der Waals surface area contributed by atoms with Crippen LogP contribution in [0.1, 0.15) is 46.1 Å². The summed E-state index contributed by atoms with van der Waals surface area (Å²) in [5.74, 6) is -1.31. The summed E-state index contributed by atoms with van der Waals surface area (Å²) in [6, 6.07) is 2.08. The fraction of sp³-hybridized carbons (Fsp3) is 0.714. The van der Waals surface area contributed by atoms with E-state index in [4.69, 9.17) is 15.2 Å². The van der Waals surface area contributed by atoms with Gasteiger partial charge in [-0.25, -0.2) is 8.78 Å². The highest BCUT2D eigenvalue weighted by Crippen LogP contribution is 2.27. The van der Waals surface area contributed by atoms with Crippen LogP contribution in [0.3, 0.4) is 0 Å². The topological polar surface area (TPSA) is 76.7 Å². The minimum Gasteiger partial charge on any atom is -0.390 e. The van der Waals surface area contributed by atoms with Crippen molar-refractivity contribution in [1.29, 1.82) is 0 Å². The van der Waals surface area contributed by atoms with Crippen LogP contribution >= 0.6 is 0 Å². The van der Waals surface area contributed by atoms with E-state index in [1.807, 2.05) is 6.92 Å². The van der Waals surface area contributed by atoms with E-state index in [0.717, 1.165) is 18.9 Å². The molecule has 0 radical (unpaired) electrons. The Labute approximate surface area is 166 Å². The summed E-state index contributed by atoms with van der Waals surface area (Å²) in [5, 5.41) is 13.9. The molecular formula is C21H34F2N2O3. The van der Waals surface area contributed by atoms with Crippen LogP contribution in [-0.2, 0) is 15.9 Å². The molecular weight excluding hydrogens is 366 g/mol. The maximum Gasteiger partial charge on any atom is 0.172 e. The zero-order chi connectivity index (χ0) is 20.9. The highest BCUT2D eigenvalue weighted by molar-refractivity contribution is 5.19. The average Bonchev–Trinajstić information content (AvgIpc) is 2.65. The molecule has 0 spiro atoms. The van der Waals surface area contributed by atoms with E-state index in [-0.39, 0.29) is 30.5 Å². The Bertz CT molecular complexity index is 607. The zero-order valence-electron chi connectivity index (χ0n) is 17.3. The Morgan fingerprint density at radius 2 is 1.89 bits per heavy atom. The number of nitrogens with two attached hydrogens (primary N) is 1. The number of halogens is 2. The molecule has 160 valence electrons. The van der Waals surface area contributed by atoms with E-state index in [0.29, 0.717) is 12.2 Å². The molecule has 1 aliphatic heterocycles. The van der Waals surface area contributed by atoms with Crippen LogP contribution in [0.25, 0.3) is 0 Å². The molecule has 1 aromatic carbocycles. The van der Waals surface area contributed by atoms with E-state index in [1.54, 1.807) is 0 Å². The first-order valence-electron chi connectivity index (χ1n) is 10.0. The number of hydrogen-bond donors (Lipinski definition) is 3. The molecule has 0 aromatic heterocycles. The lowest BCUT2D eigenvalue weighted by Gasteiger charge is -2.40. The molecule has 28 heavy (non-hydrogen) atoms. The summed E-state index contributed by atoms with van der Waals surface area (Å²) in [4.78, 5) is 0. The minimum absolute atomic E-state index is 0.113. The van der Waals surface area contributed by atoms with Crippen LogP contribution in [0.15, 0.2) is 18.2 Å². The van der Waals surface area contributed by atoms with Gasteiger partial charge in [-0.2, -0.15) is 0 Å². The van der Waals surface area contributed by atoms with Crippen LogP contribution < -0.4 is 11.1 Å².